The van der Waals surface area contributed by atoms with Crippen LogP contribution < -0.4 is 0 Å². The van der Waals surface area contributed by atoms with E-state index in [0.29, 0.717) is 13.0 Å². The molecular formula is C43H84O9. The third-order valence-corrected chi connectivity index (χ3v) is 10.5. The molecule has 9 heteroatoms. The van der Waals surface area contributed by atoms with Crippen LogP contribution in [-0.4, -0.2) is 89.6 Å². The Morgan fingerprint density at radius 3 is 1.37 bits per heavy atom. The van der Waals surface area contributed by atoms with Gasteiger partial charge in [-0.3, -0.25) is 4.79 Å². The number of carbonyl (C=O) groups is 1. The van der Waals surface area contributed by atoms with E-state index in [9.17, 15) is 25.2 Å². The molecule has 1 rings (SSSR count). The molecule has 1 aliphatic rings. The molecule has 1 fully saturated rings. The van der Waals surface area contributed by atoms with Gasteiger partial charge < -0.3 is 39.4 Å². The lowest BCUT2D eigenvalue weighted by Gasteiger charge is -2.39. The fourth-order valence-electron chi connectivity index (χ4n) is 7.02. The quantitative estimate of drug-likeness (QED) is 0.0360. The summed E-state index contributed by atoms with van der Waals surface area (Å²) in [5.41, 5.74) is 0. The van der Waals surface area contributed by atoms with Crippen molar-refractivity contribution in [1.82, 2.24) is 0 Å². The molecule has 0 aromatic heterocycles. The summed E-state index contributed by atoms with van der Waals surface area (Å²) in [5.74, 6) is -0.308. The number of aliphatic hydroxyl groups excluding tert-OH is 4. The average Bonchev–Trinajstić information content (AvgIpc) is 3.14. The Hall–Kier alpha value is -0.810. The van der Waals surface area contributed by atoms with Crippen LogP contribution in [0.2, 0.25) is 0 Å². The van der Waals surface area contributed by atoms with Gasteiger partial charge in [-0.15, -0.1) is 0 Å². The smallest absolute Gasteiger partial charge is 0.306 e. The number of ether oxygens (including phenoxy) is 4. The summed E-state index contributed by atoms with van der Waals surface area (Å²) in [4.78, 5) is 12.7. The first-order valence-electron chi connectivity index (χ1n) is 22.1. The van der Waals surface area contributed by atoms with Crippen LogP contribution in [0.4, 0.5) is 0 Å². The van der Waals surface area contributed by atoms with Gasteiger partial charge in [0, 0.05) is 13.0 Å². The van der Waals surface area contributed by atoms with Crippen LogP contribution in [0.3, 0.4) is 0 Å². The number of carbonyl (C=O) groups excluding carboxylic acids is 1. The zero-order valence-corrected chi connectivity index (χ0v) is 33.8. The molecule has 52 heavy (non-hydrogen) atoms. The number of esters is 1. The van der Waals surface area contributed by atoms with Crippen LogP contribution in [0.15, 0.2) is 0 Å². The van der Waals surface area contributed by atoms with Crippen LogP contribution in [0.25, 0.3) is 0 Å². The van der Waals surface area contributed by atoms with Crippen LogP contribution in [-0.2, 0) is 23.7 Å². The maximum absolute atomic E-state index is 12.7. The van der Waals surface area contributed by atoms with Crippen molar-refractivity contribution in [1.29, 1.82) is 0 Å². The normalized spacial score (nSPS) is 21.1. The second kappa shape index (κ2) is 35.9. The summed E-state index contributed by atoms with van der Waals surface area (Å²) >= 11 is 0. The van der Waals surface area contributed by atoms with Gasteiger partial charge >= 0.3 is 5.97 Å². The molecule has 0 radical (unpaired) electrons. The Morgan fingerprint density at radius 1 is 0.538 bits per heavy atom. The second-order valence-electron chi connectivity index (χ2n) is 15.5. The van der Waals surface area contributed by atoms with Crippen molar-refractivity contribution < 1.29 is 44.2 Å². The van der Waals surface area contributed by atoms with E-state index in [1.54, 1.807) is 0 Å². The van der Waals surface area contributed by atoms with Gasteiger partial charge in [-0.25, -0.2) is 0 Å². The highest BCUT2D eigenvalue weighted by molar-refractivity contribution is 5.69. The molecule has 6 atom stereocenters. The zero-order chi connectivity index (χ0) is 37.9. The van der Waals surface area contributed by atoms with E-state index in [-0.39, 0.29) is 19.2 Å². The van der Waals surface area contributed by atoms with E-state index in [4.69, 9.17) is 18.9 Å². The predicted molar refractivity (Wildman–Crippen MR) is 210 cm³/mol. The van der Waals surface area contributed by atoms with Gasteiger partial charge in [0.05, 0.1) is 19.8 Å². The van der Waals surface area contributed by atoms with Crippen molar-refractivity contribution >= 4 is 5.97 Å². The summed E-state index contributed by atoms with van der Waals surface area (Å²) in [6.45, 7) is 4.60. The molecule has 310 valence electrons. The predicted octanol–water partition coefficient (Wildman–Crippen LogP) is 9.47. The number of unbranched alkanes of at least 4 members (excludes halogenated alkanes) is 27. The minimum absolute atomic E-state index is 0.105. The minimum atomic E-state index is -1.53. The zero-order valence-electron chi connectivity index (χ0n) is 33.8. The highest BCUT2D eigenvalue weighted by Gasteiger charge is 2.44. The van der Waals surface area contributed by atoms with Crippen molar-refractivity contribution in [3.8, 4) is 0 Å². The van der Waals surface area contributed by atoms with Gasteiger partial charge in [0.15, 0.2) is 6.29 Å². The third kappa shape index (κ3) is 26.9. The molecule has 1 heterocycles. The highest BCUT2D eigenvalue weighted by atomic mass is 16.7. The topological polar surface area (TPSA) is 135 Å². The van der Waals surface area contributed by atoms with Gasteiger partial charge in [-0.05, 0) is 12.8 Å². The Morgan fingerprint density at radius 2 is 0.942 bits per heavy atom. The van der Waals surface area contributed by atoms with E-state index in [1.807, 2.05) is 0 Å². The molecular weight excluding hydrogens is 660 g/mol. The molecule has 0 aliphatic carbocycles. The van der Waals surface area contributed by atoms with Crippen molar-refractivity contribution in [3.05, 3.63) is 0 Å². The minimum Gasteiger partial charge on any atom is -0.457 e. The summed E-state index contributed by atoms with van der Waals surface area (Å²) in [6.07, 6.45) is 29.8. The van der Waals surface area contributed by atoms with Gasteiger partial charge in [0.2, 0.25) is 0 Å². The Bertz CT molecular complexity index is 767. The second-order valence-corrected chi connectivity index (χ2v) is 15.5. The molecule has 0 aromatic rings. The van der Waals surface area contributed by atoms with Crippen LogP contribution in [0.5, 0.6) is 0 Å². The lowest BCUT2D eigenvalue weighted by Crippen LogP contribution is -2.59. The highest BCUT2D eigenvalue weighted by Crippen LogP contribution is 2.23. The molecule has 0 aromatic carbocycles. The lowest BCUT2D eigenvalue weighted by molar-refractivity contribution is -0.305. The fourth-order valence-corrected chi connectivity index (χ4v) is 7.02. The Kier molecular flexibility index (Phi) is 33.9. The monoisotopic (exact) mass is 745 g/mol. The standard InChI is InChI=1S/C43H84O9/c1-3-5-7-9-11-13-15-17-19-21-23-25-27-29-31-33-49-35-37(36-50-43-42(48)41(47)40(46)38(34-44)52-43)51-39(45)32-30-28-26-24-22-20-18-16-14-12-10-8-6-4-2/h37-38,40-44,46-48H,3-36H2,1-2H3. The SMILES string of the molecule is CCCCCCCCCCCCCCCCCOCC(COC1OC(CO)C(O)C(O)C1O)OC(=O)CCCCCCCCCCCCCCCC. The Labute approximate surface area is 319 Å². The van der Waals surface area contributed by atoms with E-state index in [1.165, 1.54) is 154 Å². The van der Waals surface area contributed by atoms with Gasteiger partial charge in [0.1, 0.15) is 30.5 Å². The maximum Gasteiger partial charge on any atom is 0.306 e. The number of rotatable bonds is 38. The molecule has 4 N–H and O–H groups in total. The van der Waals surface area contributed by atoms with Gasteiger partial charge in [-0.1, -0.05) is 187 Å². The molecule has 9 nitrogen and oxygen atoms in total. The third-order valence-electron chi connectivity index (χ3n) is 10.5. The van der Waals surface area contributed by atoms with E-state index < -0.39 is 43.4 Å². The summed E-state index contributed by atoms with van der Waals surface area (Å²) < 4.78 is 22.8. The summed E-state index contributed by atoms with van der Waals surface area (Å²) in [7, 11) is 0. The molecule has 1 aliphatic heterocycles. The molecule has 0 bridgehead atoms. The first-order valence-corrected chi connectivity index (χ1v) is 22.1. The van der Waals surface area contributed by atoms with Crippen molar-refractivity contribution in [3.63, 3.8) is 0 Å². The van der Waals surface area contributed by atoms with Crippen molar-refractivity contribution in [2.24, 2.45) is 0 Å². The lowest BCUT2D eigenvalue weighted by atomic mass is 9.99. The van der Waals surface area contributed by atoms with E-state index in [2.05, 4.69) is 13.8 Å². The number of aliphatic hydroxyl groups is 4. The molecule has 0 amide bonds. The largest absolute Gasteiger partial charge is 0.457 e. The number of hydrogen-bond donors (Lipinski definition) is 4. The molecule has 0 spiro atoms. The first kappa shape index (κ1) is 49.2. The van der Waals surface area contributed by atoms with Gasteiger partial charge in [-0.2, -0.15) is 0 Å². The van der Waals surface area contributed by atoms with Gasteiger partial charge in [0.25, 0.3) is 0 Å². The average molecular weight is 745 g/mol. The van der Waals surface area contributed by atoms with Crippen LogP contribution in [0, 0.1) is 0 Å². The maximum atomic E-state index is 12.7. The fraction of sp³-hybridized carbons (Fsp3) is 0.977. The summed E-state index contributed by atoms with van der Waals surface area (Å²) in [5, 5.41) is 40.1. The van der Waals surface area contributed by atoms with Crippen molar-refractivity contribution in [2.45, 2.75) is 243 Å². The van der Waals surface area contributed by atoms with E-state index >= 15 is 0 Å². The Balaban J connectivity index is 2.26. The number of hydrogen-bond acceptors (Lipinski definition) is 9. The van der Waals surface area contributed by atoms with Crippen molar-refractivity contribution in [2.75, 3.05) is 26.4 Å². The molecule has 0 saturated carbocycles. The molecule has 6 unspecified atom stereocenters. The van der Waals surface area contributed by atoms with Crippen LogP contribution >= 0.6 is 0 Å². The first-order chi connectivity index (χ1) is 25.4. The molecule has 1 saturated heterocycles. The summed E-state index contributed by atoms with van der Waals surface area (Å²) in [6, 6.07) is 0. The van der Waals surface area contributed by atoms with Crippen LogP contribution in [0.1, 0.15) is 206 Å². The van der Waals surface area contributed by atoms with E-state index in [0.717, 1.165) is 32.1 Å².